The van der Waals surface area contributed by atoms with Crippen LogP contribution in [0.1, 0.15) is 47.7 Å². The van der Waals surface area contributed by atoms with Gasteiger partial charge in [0.15, 0.2) is 0 Å². The largest absolute Gasteiger partial charge is 0.494 e. The zero-order valence-electron chi connectivity index (χ0n) is 20.8. The second kappa shape index (κ2) is 9.95. The first kappa shape index (κ1) is 23.2. The third-order valence-electron chi connectivity index (χ3n) is 7.11. The van der Waals surface area contributed by atoms with Crippen molar-refractivity contribution in [3.8, 4) is 5.75 Å². The van der Waals surface area contributed by atoms with Gasteiger partial charge in [0.2, 0.25) is 5.91 Å². The SMILES string of the molecule is Cc1ccc(OCCCCn2c(C3CC(=O)N(c4cccc(C)c4C)C3)nc3ccccc32)cc1. The number of para-hydroxylation sites is 2. The minimum absolute atomic E-state index is 0.0821. The molecule has 1 aliphatic rings. The van der Waals surface area contributed by atoms with E-state index in [2.05, 4.69) is 67.8 Å². The van der Waals surface area contributed by atoms with Crippen LogP contribution in [0, 0.1) is 20.8 Å². The molecule has 1 saturated heterocycles. The summed E-state index contributed by atoms with van der Waals surface area (Å²) in [6, 6.07) is 22.7. The van der Waals surface area contributed by atoms with E-state index in [-0.39, 0.29) is 11.8 Å². The number of aromatic nitrogens is 2. The van der Waals surface area contributed by atoms with E-state index in [0.29, 0.717) is 19.6 Å². The van der Waals surface area contributed by atoms with E-state index >= 15 is 0 Å². The molecule has 0 aliphatic carbocycles. The highest BCUT2D eigenvalue weighted by molar-refractivity contribution is 5.97. The number of benzene rings is 3. The molecule has 1 unspecified atom stereocenters. The van der Waals surface area contributed by atoms with Crippen LogP contribution in [0.15, 0.2) is 66.7 Å². The summed E-state index contributed by atoms with van der Waals surface area (Å²) in [7, 11) is 0. The van der Waals surface area contributed by atoms with Crippen LogP contribution >= 0.6 is 0 Å². The smallest absolute Gasteiger partial charge is 0.227 e. The van der Waals surface area contributed by atoms with Gasteiger partial charge in [0.05, 0.1) is 17.6 Å². The molecule has 0 saturated carbocycles. The fraction of sp³-hybridized carbons (Fsp3) is 0.333. The zero-order valence-corrected chi connectivity index (χ0v) is 20.8. The molecular weight excluding hydrogens is 434 g/mol. The molecule has 1 fully saturated rings. The first-order valence-electron chi connectivity index (χ1n) is 12.5. The molecule has 1 amide bonds. The summed E-state index contributed by atoms with van der Waals surface area (Å²) >= 11 is 0. The molecule has 1 atom stereocenters. The number of fused-ring (bicyclic) bond motifs is 1. The number of nitrogens with zero attached hydrogens (tertiary/aromatic N) is 3. The average molecular weight is 468 g/mol. The fourth-order valence-electron chi connectivity index (χ4n) is 4.98. The van der Waals surface area contributed by atoms with Crippen molar-refractivity contribution in [2.24, 2.45) is 0 Å². The van der Waals surface area contributed by atoms with E-state index in [0.717, 1.165) is 47.7 Å². The molecule has 3 aromatic carbocycles. The van der Waals surface area contributed by atoms with Crippen molar-refractivity contribution in [1.29, 1.82) is 0 Å². The van der Waals surface area contributed by atoms with Gasteiger partial charge < -0.3 is 14.2 Å². The summed E-state index contributed by atoms with van der Waals surface area (Å²) in [6.45, 7) is 8.49. The van der Waals surface area contributed by atoms with Crippen molar-refractivity contribution in [2.75, 3.05) is 18.1 Å². The molecule has 180 valence electrons. The number of anilines is 1. The predicted octanol–water partition coefficient (Wildman–Crippen LogP) is 6.34. The second-order valence-electron chi connectivity index (χ2n) is 9.60. The number of ether oxygens (including phenoxy) is 1. The van der Waals surface area contributed by atoms with Gasteiger partial charge in [-0.25, -0.2) is 4.98 Å². The minimum Gasteiger partial charge on any atom is -0.494 e. The van der Waals surface area contributed by atoms with Crippen LogP contribution in [0.5, 0.6) is 5.75 Å². The fourth-order valence-corrected chi connectivity index (χ4v) is 4.98. The molecule has 0 N–H and O–H groups in total. The lowest BCUT2D eigenvalue weighted by atomic mass is 10.1. The minimum atomic E-state index is 0.0821. The maximum absolute atomic E-state index is 13.1. The average Bonchev–Trinajstić information content (AvgIpc) is 3.42. The number of unbranched alkanes of at least 4 members (excludes halogenated alkanes) is 1. The van der Waals surface area contributed by atoms with Crippen LogP contribution in [0.4, 0.5) is 5.69 Å². The summed E-state index contributed by atoms with van der Waals surface area (Å²) in [6.07, 6.45) is 2.44. The quantitative estimate of drug-likeness (QED) is 0.284. The van der Waals surface area contributed by atoms with Gasteiger partial charge in [-0.15, -0.1) is 0 Å². The molecule has 5 heteroatoms. The Hall–Kier alpha value is -3.60. The van der Waals surface area contributed by atoms with Gasteiger partial charge in [-0.05, 0) is 75.1 Å². The molecule has 0 bridgehead atoms. The van der Waals surface area contributed by atoms with E-state index in [1.807, 2.05) is 29.2 Å². The molecule has 2 heterocycles. The van der Waals surface area contributed by atoms with Gasteiger partial charge in [-0.3, -0.25) is 4.79 Å². The Labute approximate surface area is 207 Å². The van der Waals surface area contributed by atoms with Crippen LogP contribution in [-0.2, 0) is 11.3 Å². The lowest BCUT2D eigenvalue weighted by Gasteiger charge is -2.20. The molecule has 5 rings (SSSR count). The van der Waals surface area contributed by atoms with Gasteiger partial charge in [-0.1, -0.05) is 42.0 Å². The highest BCUT2D eigenvalue weighted by atomic mass is 16.5. The number of aryl methyl sites for hydroxylation is 3. The van der Waals surface area contributed by atoms with Gasteiger partial charge in [0.1, 0.15) is 11.6 Å². The van der Waals surface area contributed by atoms with Gasteiger partial charge >= 0.3 is 0 Å². The first-order chi connectivity index (χ1) is 17.0. The van der Waals surface area contributed by atoms with Gasteiger partial charge in [0, 0.05) is 31.1 Å². The molecule has 0 radical (unpaired) electrons. The Balaban J connectivity index is 1.31. The van der Waals surface area contributed by atoms with Gasteiger partial charge in [-0.2, -0.15) is 0 Å². The molecule has 1 aromatic heterocycles. The van der Waals surface area contributed by atoms with E-state index in [9.17, 15) is 4.79 Å². The maximum atomic E-state index is 13.1. The second-order valence-corrected chi connectivity index (χ2v) is 9.60. The Morgan fingerprint density at radius 1 is 0.943 bits per heavy atom. The number of hydrogen-bond acceptors (Lipinski definition) is 3. The molecule has 0 spiro atoms. The first-order valence-corrected chi connectivity index (χ1v) is 12.5. The molecular formula is C30H33N3O2. The number of carbonyl (C=O) groups is 1. The van der Waals surface area contributed by atoms with E-state index < -0.39 is 0 Å². The Kier molecular flexibility index (Phi) is 6.58. The third-order valence-corrected chi connectivity index (χ3v) is 7.11. The van der Waals surface area contributed by atoms with E-state index in [1.54, 1.807) is 0 Å². The molecule has 35 heavy (non-hydrogen) atoms. The number of amides is 1. The standard InChI is InChI=1S/C30H33N3O2/c1-21-13-15-25(16-14-21)35-18-7-6-17-32-28-11-5-4-10-26(28)31-30(32)24-19-29(34)33(20-24)27-12-8-9-22(2)23(27)3/h4-5,8-16,24H,6-7,17-20H2,1-3H3. The Bertz CT molecular complexity index is 1340. The van der Waals surface area contributed by atoms with Crippen LogP contribution < -0.4 is 9.64 Å². The molecule has 4 aromatic rings. The summed E-state index contributed by atoms with van der Waals surface area (Å²) in [5, 5.41) is 0. The molecule has 1 aliphatic heterocycles. The Morgan fingerprint density at radius 2 is 1.74 bits per heavy atom. The number of rotatable bonds is 8. The highest BCUT2D eigenvalue weighted by Crippen LogP contribution is 2.35. The van der Waals surface area contributed by atoms with Crippen LogP contribution in [0.25, 0.3) is 11.0 Å². The lowest BCUT2D eigenvalue weighted by molar-refractivity contribution is -0.117. The maximum Gasteiger partial charge on any atom is 0.227 e. The van der Waals surface area contributed by atoms with Crippen molar-refractivity contribution in [2.45, 2.75) is 52.5 Å². The zero-order chi connectivity index (χ0) is 24.4. The van der Waals surface area contributed by atoms with Crippen LogP contribution in [0.2, 0.25) is 0 Å². The third kappa shape index (κ3) is 4.81. The van der Waals surface area contributed by atoms with Crippen LogP contribution in [0.3, 0.4) is 0 Å². The van der Waals surface area contributed by atoms with Crippen molar-refractivity contribution in [3.63, 3.8) is 0 Å². The number of imidazole rings is 1. The monoisotopic (exact) mass is 467 g/mol. The summed E-state index contributed by atoms with van der Waals surface area (Å²) in [5.41, 5.74) is 6.77. The van der Waals surface area contributed by atoms with E-state index in [4.69, 9.17) is 9.72 Å². The molecule has 5 nitrogen and oxygen atoms in total. The van der Waals surface area contributed by atoms with E-state index in [1.165, 1.54) is 16.7 Å². The number of carbonyl (C=O) groups excluding carboxylic acids is 1. The summed E-state index contributed by atoms with van der Waals surface area (Å²) in [5.74, 6) is 2.19. The van der Waals surface area contributed by atoms with Crippen molar-refractivity contribution in [1.82, 2.24) is 9.55 Å². The summed E-state index contributed by atoms with van der Waals surface area (Å²) in [4.78, 5) is 20.0. The lowest BCUT2D eigenvalue weighted by Crippen LogP contribution is -2.25. The van der Waals surface area contributed by atoms with Crippen molar-refractivity contribution >= 4 is 22.6 Å². The summed E-state index contributed by atoms with van der Waals surface area (Å²) < 4.78 is 8.24. The highest BCUT2D eigenvalue weighted by Gasteiger charge is 2.35. The predicted molar refractivity (Wildman–Crippen MR) is 141 cm³/mol. The topological polar surface area (TPSA) is 47.4 Å². The Morgan fingerprint density at radius 3 is 2.57 bits per heavy atom. The van der Waals surface area contributed by atoms with Crippen molar-refractivity contribution < 1.29 is 9.53 Å². The van der Waals surface area contributed by atoms with Crippen LogP contribution in [-0.4, -0.2) is 28.6 Å². The number of hydrogen-bond donors (Lipinski definition) is 0. The van der Waals surface area contributed by atoms with Gasteiger partial charge in [0.25, 0.3) is 0 Å². The normalized spacial score (nSPS) is 15.8. The van der Waals surface area contributed by atoms with Crippen molar-refractivity contribution in [3.05, 3.63) is 89.2 Å².